The molecule has 0 saturated carbocycles. The highest BCUT2D eigenvalue weighted by atomic mass is 16.5. The number of aromatic nitrogens is 1. The molecule has 160 valence electrons. The third-order valence-electron chi connectivity index (χ3n) is 4.71. The summed E-state index contributed by atoms with van der Waals surface area (Å²) in [5, 5.41) is 0. The van der Waals surface area contributed by atoms with Crippen molar-refractivity contribution in [1.82, 2.24) is 14.4 Å². The third kappa shape index (κ3) is 8.05. The highest BCUT2D eigenvalue weighted by Crippen LogP contribution is 2.18. The van der Waals surface area contributed by atoms with Gasteiger partial charge in [0.15, 0.2) is 0 Å². The maximum absolute atomic E-state index is 13.1. The summed E-state index contributed by atoms with van der Waals surface area (Å²) in [5.74, 6) is 0.00955. The largest absolute Gasteiger partial charge is 0.382 e. The molecule has 2 amide bonds. The first-order valence-electron chi connectivity index (χ1n) is 10.5. The van der Waals surface area contributed by atoms with Crippen molar-refractivity contribution < 1.29 is 14.3 Å². The van der Waals surface area contributed by atoms with Crippen LogP contribution >= 0.6 is 0 Å². The summed E-state index contributed by atoms with van der Waals surface area (Å²) in [6.07, 6.45) is 4.69. The van der Waals surface area contributed by atoms with Crippen LogP contribution in [0.3, 0.4) is 0 Å². The second-order valence-electron chi connectivity index (χ2n) is 8.31. The van der Waals surface area contributed by atoms with Gasteiger partial charge >= 0.3 is 0 Å². The normalized spacial score (nSPS) is 11.5. The second-order valence-corrected chi connectivity index (χ2v) is 8.31. The summed E-state index contributed by atoms with van der Waals surface area (Å²) in [6.45, 7) is 13.0. The van der Waals surface area contributed by atoms with Gasteiger partial charge in [0.05, 0.1) is 13.1 Å². The molecule has 1 heterocycles. The highest BCUT2D eigenvalue weighted by Gasteiger charge is 2.29. The van der Waals surface area contributed by atoms with E-state index in [2.05, 4.69) is 6.92 Å². The number of hydrogen-bond donors (Lipinski definition) is 0. The predicted molar refractivity (Wildman–Crippen MR) is 113 cm³/mol. The molecule has 6 heteroatoms. The Morgan fingerprint density at radius 2 is 1.79 bits per heavy atom. The number of unbranched alkanes of at least 4 members (excludes halogenated alkanes) is 1. The molecule has 0 fully saturated rings. The van der Waals surface area contributed by atoms with Crippen molar-refractivity contribution >= 4 is 11.8 Å². The summed E-state index contributed by atoms with van der Waals surface area (Å²) < 4.78 is 7.44. The van der Waals surface area contributed by atoms with Gasteiger partial charge in [-0.05, 0) is 31.9 Å². The van der Waals surface area contributed by atoms with E-state index in [9.17, 15) is 9.59 Å². The SMILES string of the molecule is CCCCN(Cc1cccn1C)C(=O)CN(CCCOCC)C(=O)C(C)(C)C. The van der Waals surface area contributed by atoms with Crippen LogP contribution in [-0.4, -0.2) is 59.0 Å². The fraction of sp³-hybridized carbons (Fsp3) is 0.727. The smallest absolute Gasteiger partial charge is 0.242 e. The number of nitrogens with zero attached hydrogens (tertiary/aromatic N) is 3. The van der Waals surface area contributed by atoms with E-state index < -0.39 is 5.41 Å². The van der Waals surface area contributed by atoms with E-state index >= 15 is 0 Å². The molecule has 0 spiro atoms. The van der Waals surface area contributed by atoms with Crippen molar-refractivity contribution in [2.75, 3.05) is 32.8 Å². The Kier molecular flexibility index (Phi) is 10.3. The molecule has 6 nitrogen and oxygen atoms in total. The van der Waals surface area contributed by atoms with Gasteiger partial charge in [-0.15, -0.1) is 0 Å². The van der Waals surface area contributed by atoms with E-state index in [1.165, 1.54) is 0 Å². The maximum Gasteiger partial charge on any atom is 0.242 e. The fourth-order valence-electron chi connectivity index (χ4n) is 2.99. The number of ether oxygens (including phenoxy) is 1. The standard InChI is InChI=1S/C22H39N3O3/c1-7-9-14-24(17-19-12-10-13-23(19)6)20(26)18-25(15-11-16-28-8-2)21(27)22(3,4)5/h10,12-13H,7-9,11,14-18H2,1-6H3. The first-order valence-corrected chi connectivity index (χ1v) is 10.5. The Morgan fingerprint density at radius 1 is 1.11 bits per heavy atom. The lowest BCUT2D eigenvalue weighted by atomic mass is 9.94. The Bertz CT molecular complexity index is 604. The molecule has 0 aliphatic rings. The zero-order chi connectivity index (χ0) is 21.2. The van der Waals surface area contributed by atoms with Gasteiger partial charge in [-0.1, -0.05) is 34.1 Å². The minimum Gasteiger partial charge on any atom is -0.382 e. The number of hydrogen-bond acceptors (Lipinski definition) is 3. The molecule has 0 aliphatic carbocycles. The number of rotatable bonds is 12. The Hall–Kier alpha value is -1.82. The topological polar surface area (TPSA) is 54.8 Å². The van der Waals surface area contributed by atoms with E-state index in [4.69, 9.17) is 4.74 Å². The van der Waals surface area contributed by atoms with Crippen LogP contribution < -0.4 is 0 Å². The van der Waals surface area contributed by atoms with Crippen LogP contribution in [0.2, 0.25) is 0 Å². The summed E-state index contributed by atoms with van der Waals surface area (Å²) in [5.41, 5.74) is 0.577. The van der Waals surface area contributed by atoms with Gasteiger partial charge in [0, 0.05) is 50.7 Å². The van der Waals surface area contributed by atoms with Crippen LogP contribution in [0.5, 0.6) is 0 Å². The van der Waals surface area contributed by atoms with Crippen LogP contribution in [0.1, 0.15) is 59.6 Å². The molecule has 0 atom stereocenters. The zero-order valence-corrected chi connectivity index (χ0v) is 18.7. The van der Waals surface area contributed by atoms with Crippen LogP contribution in [0.25, 0.3) is 0 Å². The molecule has 28 heavy (non-hydrogen) atoms. The van der Waals surface area contributed by atoms with Crippen LogP contribution in [0.4, 0.5) is 0 Å². The third-order valence-corrected chi connectivity index (χ3v) is 4.71. The molecule has 1 aromatic heterocycles. The molecule has 0 unspecified atom stereocenters. The minimum absolute atomic E-state index is 0.00339. The first-order chi connectivity index (χ1) is 13.2. The summed E-state index contributed by atoms with van der Waals surface area (Å²) in [4.78, 5) is 29.6. The van der Waals surface area contributed by atoms with Crippen molar-refractivity contribution in [3.63, 3.8) is 0 Å². The molecular weight excluding hydrogens is 354 g/mol. The lowest BCUT2D eigenvalue weighted by molar-refractivity contribution is -0.146. The van der Waals surface area contributed by atoms with Gasteiger partial charge in [-0.3, -0.25) is 9.59 Å². The fourth-order valence-corrected chi connectivity index (χ4v) is 2.99. The second kappa shape index (κ2) is 11.9. The van der Waals surface area contributed by atoms with Gasteiger partial charge in [0.2, 0.25) is 11.8 Å². The molecular formula is C22H39N3O3. The van der Waals surface area contributed by atoms with Crippen LogP contribution in [0.15, 0.2) is 18.3 Å². The lowest BCUT2D eigenvalue weighted by Crippen LogP contribution is -2.47. The van der Waals surface area contributed by atoms with Crippen molar-refractivity contribution in [1.29, 1.82) is 0 Å². The van der Waals surface area contributed by atoms with Crippen LogP contribution in [0, 0.1) is 5.41 Å². The molecule has 1 aromatic rings. The van der Waals surface area contributed by atoms with E-state index in [0.717, 1.165) is 25.0 Å². The predicted octanol–water partition coefficient (Wildman–Crippen LogP) is 3.46. The number of amides is 2. The minimum atomic E-state index is -0.516. The monoisotopic (exact) mass is 393 g/mol. The van der Waals surface area contributed by atoms with E-state index in [1.807, 2.05) is 62.5 Å². The molecule has 0 bridgehead atoms. The number of carbonyl (C=O) groups is 2. The Labute approximate surface area is 170 Å². The highest BCUT2D eigenvalue weighted by molar-refractivity contribution is 5.87. The molecule has 0 aliphatic heterocycles. The van der Waals surface area contributed by atoms with Gasteiger partial charge < -0.3 is 19.1 Å². The molecule has 0 aromatic carbocycles. The zero-order valence-electron chi connectivity index (χ0n) is 18.7. The Balaban J connectivity index is 2.86. The van der Waals surface area contributed by atoms with Crippen molar-refractivity contribution in [3.8, 4) is 0 Å². The summed E-state index contributed by atoms with van der Waals surface area (Å²) in [7, 11) is 1.99. The van der Waals surface area contributed by atoms with E-state index in [-0.39, 0.29) is 18.4 Å². The molecule has 0 N–H and O–H groups in total. The van der Waals surface area contributed by atoms with Gasteiger partial charge in [-0.25, -0.2) is 0 Å². The van der Waals surface area contributed by atoms with Gasteiger partial charge in [-0.2, -0.15) is 0 Å². The number of aryl methyl sites for hydroxylation is 1. The molecule has 0 radical (unpaired) electrons. The van der Waals surface area contributed by atoms with Crippen molar-refractivity contribution in [2.45, 2.75) is 60.4 Å². The maximum atomic E-state index is 13.1. The van der Waals surface area contributed by atoms with E-state index in [1.54, 1.807) is 4.90 Å². The van der Waals surface area contributed by atoms with Gasteiger partial charge in [0.1, 0.15) is 0 Å². The summed E-state index contributed by atoms with van der Waals surface area (Å²) in [6, 6.07) is 4.02. The van der Waals surface area contributed by atoms with E-state index in [0.29, 0.717) is 32.8 Å². The lowest BCUT2D eigenvalue weighted by Gasteiger charge is -2.31. The average Bonchev–Trinajstić information content (AvgIpc) is 3.04. The van der Waals surface area contributed by atoms with Crippen LogP contribution in [-0.2, 0) is 27.9 Å². The van der Waals surface area contributed by atoms with Gasteiger partial charge in [0.25, 0.3) is 0 Å². The molecule has 0 saturated heterocycles. The molecule has 1 rings (SSSR count). The Morgan fingerprint density at radius 3 is 2.32 bits per heavy atom. The summed E-state index contributed by atoms with van der Waals surface area (Å²) >= 11 is 0. The number of carbonyl (C=O) groups excluding carboxylic acids is 2. The van der Waals surface area contributed by atoms with Crippen molar-refractivity contribution in [3.05, 3.63) is 24.0 Å². The van der Waals surface area contributed by atoms with Crippen molar-refractivity contribution in [2.24, 2.45) is 12.5 Å². The average molecular weight is 394 g/mol. The first kappa shape index (κ1) is 24.2. The quantitative estimate of drug-likeness (QED) is 0.511.